The molecule has 0 spiro atoms. The lowest BCUT2D eigenvalue weighted by molar-refractivity contribution is -0.139. The minimum Gasteiger partial charge on any atom is -0.481 e. The van der Waals surface area contributed by atoms with Crippen molar-refractivity contribution in [2.45, 2.75) is 25.3 Å². The van der Waals surface area contributed by atoms with Crippen molar-refractivity contribution in [3.63, 3.8) is 0 Å². The summed E-state index contributed by atoms with van der Waals surface area (Å²) in [6.45, 7) is 2.86. The van der Waals surface area contributed by atoms with Crippen LogP contribution in [-0.4, -0.2) is 67.6 Å². The highest BCUT2D eigenvalue weighted by Crippen LogP contribution is 2.28. The van der Waals surface area contributed by atoms with Crippen LogP contribution in [0.2, 0.25) is 0 Å². The van der Waals surface area contributed by atoms with Gasteiger partial charge >= 0.3 is 12.0 Å². The van der Waals surface area contributed by atoms with Crippen LogP contribution in [0.4, 0.5) is 4.79 Å². The van der Waals surface area contributed by atoms with Crippen LogP contribution in [0.5, 0.6) is 0 Å². The van der Waals surface area contributed by atoms with E-state index in [9.17, 15) is 9.59 Å². The van der Waals surface area contributed by atoms with E-state index in [-0.39, 0.29) is 19.1 Å². The summed E-state index contributed by atoms with van der Waals surface area (Å²) in [5, 5.41) is 11.6. The third-order valence-corrected chi connectivity index (χ3v) is 3.47. The zero-order chi connectivity index (χ0) is 14.4. The molecule has 2 aliphatic rings. The monoisotopic (exact) mass is 286 g/mol. The molecule has 1 unspecified atom stereocenters. The van der Waals surface area contributed by atoms with Gasteiger partial charge in [0, 0.05) is 19.7 Å². The van der Waals surface area contributed by atoms with Crippen molar-refractivity contribution in [1.82, 2.24) is 10.2 Å². The summed E-state index contributed by atoms with van der Waals surface area (Å²) in [5.41, 5.74) is 0. The second-order valence-electron chi connectivity index (χ2n) is 5.27. The Morgan fingerprint density at radius 1 is 1.40 bits per heavy atom. The van der Waals surface area contributed by atoms with Gasteiger partial charge in [-0.25, -0.2) is 4.79 Å². The highest BCUT2D eigenvalue weighted by atomic mass is 16.5. The van der Waals surface area contributed by atoms with E-state index in [2.05, 4.69) is 5.32 Å². The fraction of sp³-hybridized carbons (Fsp3) is 0.846. The summed E-state index contributed by atoms with van der Waals surface area (Å²) in [5.74, 6) is -0.212. The topological polar surface area (TPSA) is 88.1 Å². The quantitative estimate of drug-likeness (QED) is 0.657. The number of carboxylic acids is 1. The molecular weight excluding hydrogens is 264 g/mol. The molecule has 2 N–H and O–H groups in total. The number of morpholine rings is 1. The van der Waals surface area contributed by atoms with Gasteiger partial charge in [0.1, 0.15) is 0 Å². The molecular formula is C13H22N2O5. The number of aliphatic carboxylic acids is 1. The van der Waals surface area contributed by atoms with Gasteiger partial charge in [-0.15, -0.1) is 0 Å². The van der Waals surface area contributed by atoms with Crippen LogP contribution in [0.15, 0.2) is 0 Å². The Hall–Kier alpha value is -1.34. The maximum Gasteiger partial charge on any atom is 0.317 e. The van der Waals surface area contributed by atoms with Crippen molar-refractivity contribution in [1.29, 1.82) is 0 Å². The molecule has 20 heavy (non-hydrogen) atoms. The summed E-state index contributed by atoms with van der Waals surface area (Å²) in [4.78, 5) is 24.3. The van der Waals surface area contributed by atoms with E-state index in [4.69, 9.17) is 14.6 Å². The number of ether oxygens (including phenoxy) is 2. The summed E-state index contributed by atoms with van der Waals surface area (Å²) >= 11 is 0. The number of amides is 2. The fourth-order valence-corrected chi connectivity index (χ4v) is 2.16. The highest BCUT2D eigenvalue weighted by Gasteiger charge is 2.29. The van der Waals surface area contributed by atoms with E-state index in [1.54, 1.807) is 4.90 Å². The molecule has 2 fully saturated rings. The number of nitrogens with one attached hydrogen (secondary N) is 1. The molecule has 1 heterocycles. The van der Waals surface area contributed by atoms with Crippen LogP contribution in [0.25, 0.3) is 0 Å². The Balaban J connectivity index is 1.66. The van der Waals surface area contributed by atoms with Gasteiger partial charge in [0.2, 0.25) is 0 Å². The molecule has 7 nitrogen and oxygen atoms in total. The molecule has 1 aliphatic heterocycles. The Kier molecular flexibility index (Phi) is 5.60. The molecule has 1 atom stereocenters. The largest absolute Gasteiger partial charge is 0.481 e. The highest BCUT2D eigenvalue weighted by molar-refractivity contribution is 5.76. The fourth-order valence-electron chi connectivity index (χ4n) is 2.16. The lowest BCUT2D eigenvalue weighted by Crippen LogP contribution is -2.53. The summed E-state index contributed by atoms with van der Waals surface area (Å²) in [6.07, 6.45) is 2.40. The third-order valence-electron chi connectivity index (χ3n) is 3.47. The zero-order valence-electron chi connectivity index (χ0n) is 11.5. The van der Waals surface area contributed by atoms with Gasteiger partial charge in [0.15, 0.2) is 0 Å². The first-order chi connectivity index (χ1) is 9.66. The van der Waals surface area contributed by atoms with Gasteiger partial charge < -0.3 is 24.8 Å². The predicted molar refractivity (Wildman–Crippen MR) is 70.5 cm³/mol. The Morgan fingerprint density at radius 3 is 2.90 bits per heavy atom. The van der Waals surface area contributed by atoms with Crippen molar-refractivity contribution in [2.75, 3.05) is 39.5 Å². The lowest BCUT2D eigenvalue weighted by Gasteiger charge is -2.34. The van der Waals surface area contributed by atoms with Crippen molar-refractivity contribution in [3.05, 3.63) is 0 Å². The second-order valence-corrected chi connectivity index (χ2v) is 5.27. The normalized spacial score (nSPS) is 22.6. The molecule has 1 aliphatic carbocycles. The van der Waals surface area contributed by atoms with Crippen LogP contribution < -0.4 is 5.32 Å². The van der Waals surface area contributed by atoms with E-state index >= 15 is 0 Å². The van der Waals surface area contributed by atoms with E-state index in [1.165, 1.54) is 12.8 Å². The standard InChI is InChI=1S/C13H22N2O5/c16-12(17)7-11-9-20-6-4-15(11)13(18)14-3-5-19-8-10-1-2-10/h10-11H,1-9H2,(H,14,18)(H,16,17). The van der Waals surface area contributed by atoms with Gasteiger partial charge in [0.25, 0.3) is 0 Å². The number of urea groups is 1. The number of carbonyl (C=O) groups is 2. The number of hydrogen-bond acceptors (Lipinski definition) is 4. The van der Waals surface area contributed by atoms with Crippen molar-refractivity contribution in [3.8, 4) is 0 Å². The first-order valence-corrected chi connectivity index (χ1v) is 7.08. The predicted octanol–water partition coefficient (Wildman–Crippen LogP) is 0.298. The Labute approximate surface area is 118 Å². The molecule has 0 bridgehead atoms. The van der Waals surface area contributed by atoms with Crippen LogP contribution in [0, 0.1) is 5.92 Å². The minimum absolute atomic E-state index is 0.0917. The molecule has 114 valence electrons. The van der Waals surface area contributed by atoms with Gasteiger partial charge in [-0.2, -0.15) is 0 Å². The number of rotatable bonds is 7. The van der Waals surface area contributed by atoms with Crippen LogP contribution in [0.1, 0.15) is 19.3 Å². The van der Waals surface area contributed by atoms with Crippen LogP contribution in [0.3, 0.4) is 0 Å². The maximum absolute atomic E-state index is 12.0. The van der Waals surface area contributed by atoms with E-state index in [0.717, 1.165) is 6.61 Å². The van der Waals surface area contributed by atoms with E-state index < -0.39 is 12.0 Å². The first-order valence-electron chi connectivity index (χ1n) is 7.08. The second kappa shape index (κ2) is 7.44. The molecule has 1 saturated heterocycles. The molecule has 2 rings (SSSR count). The number of carbonyl (C=O) groups excluding carboxylic acids is 1. The number of hydrogen-bond donors (Lipinski definition) is 2. The van der Waals surface area contributed by atoms with Gasteiger partial charge in [0.05, 0.1) is 32.3 Å². The summed E-state index contributed by atoms with van der Waals surface area (Å²) < 4.78 is 10.7. The molecule has 0 aromatic heterocycles. The van der Waals surface area contributed by atoms with Crippen molar-refractivity contribution >= 4 is 12.0 Å². The van der Waals surface area contributed by atoms with Crippen molar-refractivity contribution < 1.29 is 24.2 Å². The van der Waals surface area contributed by atoms with Gasteiger partial charge in [-0.05, 0) is 18.8 Å². The third kappa shape index (κ3) is 4.97. The molecule has 7 heteroatoms. The maximum atomic E-state index is 12.0. The van der Waals surface area contributed by atoms with Crippen LogP contribution in [-0.2, 0) is 14.3 Å². The average Bonchev–Trinajstić information content (AvgIpc) is 3.22. The van der Waals surface area contributed by atoms with Crippen LogP contribution >= 0.6 is 0 Å². The van der Waals surface area contributed by atoms with Gasteiger partial charge in [-0.3, -0.25) is 4.79 Å². The molecule has 0 aromatic carbocycles. The first kappa shape index (κ1) is 15.1. The SMILES string of the molecule is O=C(O)CC1COCCN1C(=O)NCCOCC1CC1. The zero-order valence-corrected chi connectivity index (χ0v) is 11.5. The lowest BCUT2D eigenvalue weighted by atomic mass is 10.1. The smallest absolute Gasteiger partial charge is 0.317 e. The van der Waals surface area contributed by atoms with Crippen molar-refractivity contribution in [2.24, 2.45) is 5.92 Å². The van der Waals surface area contributed by atoms with E-state index in [1.807, 2.05) is 0 Å². The summed E-state index contributed by atoms with van der Waals surface area (Å²) in [7, 11) is 0. The number of carboxylic acid groups (broad SMARTS) is 1. The summed E-state index contributed by atoms with van der Waals surface area (Å²) in [6, 6.07) is -0.636. The van der Waals surface area contributed by atoms with E-state index in [0.29, 0.717) is 32.2 Å². The molecule has 0 radical (unpaired) electrons. The molecule has 1 saturated carbocycles. The Bertz CT molecular complexity index is 346. The van der Waals surface area contributed by atoms with Gasteiger partial charge in [-0.1, -0.05) is 0 Å². The minimum atomic E-state index is -0.925. The number of nitrogens with zero attached hydrogens (tertiary/aromatic N) is 1. The average molecular weight is 286 g/mol. The Morgan fingerprint density at radius 2 is 2.20 bits per heavy atom. The molecule has 2 amide bonds. The molecule has 0 aromatic rings.